The standard InChI is InChI=1S/C17H26N4O2S2/c1-6-20(7-2)25(22,23)15-10-8-9-14(11-15)16-18-19-17(24-5)21(16)12-13(3)4/h8-11,13H,6-7,12H2,1-5H3. The van der Waals surface area contributed by atoms with Gasteiger partial charge in [-0.1, -0.05) is 51.6 Å². The summed E-state index contributed by atoms with van der Waals surface area (Å²) >= 11 is 1.54. The molecule has 0 radical (unpaired) electrons. The molecule has 25 heavy (non-hydrogen) atoms. The van der Waals surface area contributed by atoms with Crippen LogP contribution in [0.2, 0.25) is 0 Å². The Hall–Kier alpha value is -1.38. The minimum Gasteiger partial charge on any atom is -0.302 e. The van der Waals surface area contributed by atoms with Crippen LogP contribution in [0.4, 0.5) is 0 Å². The highest BCUT2D eigenvalue weighted by molar-refractivity contribution is 7.98. The molecule has 2 rings (SSSR count). The first-order valence-corrected chi connectivity index (χ1v) is 11.1. The molecule has 0 saturated heterocycles. The second-order valence-corrected chi connectivity index (χ2v) is 8.84. The predicted molar refractivity (Wildman–Crippen MR) is 102 cm³/mol. The Morgan fingerprint density at radius 2 is 1.88 bits per heavy atom. The quantitative estimate of drug-likeness (QED) is 0.655. The maximum atomic E-state index is 12.8. The Morgan fingerprint density at radius 3 is 2.44 bits per heavy atom. The van der Waals surface area contributed by atoms with Crippen LogP contribution in [0.1, 0.15) is 27.7 Å². The molecule has 0 aliphatic heterocycles. The van der Waals surface area contributed by atoms with Crippen molar-refractivity contribution in [2.45, 2.75) is 44.3 Å². The van der Waals surface area contributed by atoms with E-state index in [9.17, 15) is 8.42 Å². The molecule has 0 aliphatic rings. The molecule has 0 fully saturated rings. The van der Waals surface area contributed by atoms with Gasteiger partial charge in [-0.25, -0.2) is 8.42 Å². The largest absolute Gasteiger partial charge is 0.302 e. The molecular weight excluding hydrogens is 356 g/mol. The highest BCUT2D eigenvalue weighted by Crippen LogP contribution is 2.26. The molecule has 8 heteroatoms. The van der Waals surface area contributed by atoms with Crippen LogP contribution >= 0.6 is 11.8 Å². The SMILES string of the molecule is CCN(CC)S(=O)(=O)c1cccc(-c2nnc(SC)n2CC(C)C)c1. The van der Waals surface area contributed by atoms with Crippen LogP contribution in [-0.2, 0) is 16.6 Å². The molecule has 2 aromatic rings. The van der Waals surface area contributed by atoms with Crippen molar-refractivity contribution in [3.8, 4) is 11.4 Å². The van der Waals surface area contributed by atoms with E-state index < -0.39 is 10.0 Å². The summed E-state index contributed by atoms with van der Waals surface area (Å²) in [4.78, 5) is 0.290. The fourth-order valence-corrected chi connectivity index (χ4v) is 4.70. The van der Waals surface area contributed by atoms with Gasteiger partial charge >= 0.3 is 0 Å². The molecule has 0 atom stereocenters. The molecule has 0 amide bonds. The van der Waals surface area contributed by atoms with Gasteiger partial charge in [0.25, 0.3) is 0 Å². The van der Waals surface area contributed by atoms with Gasteiger partial charge in [0.15, 0.2) is 11.0 Å². The predicted octanol–water partition coefficient (Wildman–Crippen LogP) is 3.35. The third-order valence-electron chi connectivity index (χ3n) is 3.88. The van der Waals surface area contributed by atoms with Gasteiger partial charge < -0.3 is 4.57 Å². The lowest BCUT2D eigenvalue weighted by molar-refractivity contribution is 0.445. The van der Waals surface area contributed by atoms with Gasteiger partial charge in [-0.3, -0.25) is 0 Å². The van der Waals surface area contributed by atoms with Crippen LogP contribution in [0.5, 0.6) is 0 Å². The van der Waals surface area contributed by atoms with Crippen molar-refractivity contribution in [2.75, 3.05) is 19.3 Å². The molecule has 0 N–H and O–H groups in total. The molecule has 0 bridgehead atoms. The summed E-state index contributed by atoms with van der Waals surface area (Å²) in [5.74, 6) is 1.14. The average Bonchev–Trinajstić information content (AvgIpc) is 2.97. The summed E-state index contributed by atoms with van der Waals surface area (Å²) in [5.41, 5.74) is 0.765. The molecule has 1 heterocycles. The third kappa shape index (κ3) is 4.24. The average molecular weight is 383 g/mol. The second-order valence-electron chi connectivity index (χ2n) is 6.13. The Kier molecular flexibility index (Phi) is 6.65. The first kappa shape index (κ1) is 19.9. The van der Waals surface area contributed by atoms with E-state index in [2.05, 4.69) is 28.6 Å². The number of sulfonamides is 1. The number of hydrogen-bond donors (Lipinski definition) is 0. The molecule has 1 aromatic carbocycles. The first-order valence-electron chi connectivity index (χ1n) is 8.42. The summed E-state index contributed by atoms with van der Waals surface area (Å²) in [7, 11) is -3.50. The summed E-state index contributed by atoms with van der Waals surface area (Å²) in [6, 6.07) is 6.97. The van der Waals surface area contributed by atoms with E-state index in [-0.39, 0.29) is 0 Å². The molecule has 138 valence electrons. The number of benzene rings is 1. The minimum atomic E-state index is -3.50. The summed E-state index contributed by atoms with van der Waals surface area (Å²) in [6.45, 7) is 9.63. The van der Waals surface area contributed by atoms with Gasteiger partial charge in [-0.05, 0) is 24.3 Å². The van der Waals surface area contributed by atoms with Crippen molar-refractivity contribution in [2.24, 2.45) is 5.92 Å². The maximum Gasteiger partial charge on any atom is 0.243 e. The van der Waals surface area contributed by atoms with E-state index >= 15 is 0 Å². The van der Waals surface area contributed by atoms with Crippen molar-refractivity contribution < 1.29 is 8.42 Å². The lowest BCUT2D eigenvalue weighted by atomic mass is 10.2. The van der Waals surface area contributed by atoms with Crippen LogP contribution in [0.3, 0.4) is 0 Å². The second kappa shape index (κ2) is 8.33. The lowest BCUT2D eigenvalue weighted by Crippen LogP contribution is -2.30. The number of thioether (sulfide) groups is 1. The molecule has 6 nitrogen and oxygen atoms in total. The van der Waals surface area contributed by atoms with E-state index in [1.165, 1.54) is 16.1 Å². The number of rotatable bonds is 8. The minimum absolute atomic E-state index is 0.290. The Bertz CT molecular complexity index is 812. The molecule has 0 unspecified atom stereocenters. The fraction of sp³-hybridized carbons (Fsp3) is 0.529. The first-order chi connectivity index (χ1) is 11.8. The number of aromatic nitrogens is 3. The summed E-state index contributed by atoms with van der Waals surface area (Å²) < 4.78 is 29.1. The monoisotopic (exact) mass is 382 g/mol. The van der Waals surface area contributed by atoms with E-state index in [4.69, 9.17) is 0 Å². The zero-order chi connectivity index (χ0) is 18.6. The third-order valence-corrected chi connectivity index (χ3v) is 6.60. The zero-order valence-corrected chi connectivity index (χ0v) is 17.1. The van der Waals surface area contributed by atoms with Gasteiger partial charge in [0.1, 0.15) is 0 Å². The van der Waals surface area contributed by atoms with Crippen LogP contribution in [-0.4, -0.2) is 46.8 Å². The summed E-state index contributed by atoms with van der Waals surface area (Å²) in [5, 5.41) is 9.38. The van der Waals surface area contributed by atoms with Crippen LogP contribution in [0.25, 0.3) is 11.4 Å². The lowest BCUT2D eigenvalue weighted by Gasteiger charge is -2.19. The number of hydrogen-bond acceptors (Lipinski definition) is 5. The normalized spacial score (nSPS) is 12.3. The van der Waals surface area contributed by atoms with Gasteiger partial charge in [-0.2, -0.15) is 4.31 Å². The molecular formula is C17H26N4O2S2. The molecule has 0 aliphatic carbocycles. The highest BCUT2D eigenvalue weighted by Gasteiger charge is 2.23. The maximum absolute atomic E-state index is 12.8. The van der Waals surface area contributed by atoms with Gasteiger partial charge in [0.05, 0.1) is 4.90 Å². The zero-order valence-electron chi connectivity index (χ0n) is 15.4. The number of nitrogens with zero attached hydrogens (tertiary/aromatic N) is 4. The smallest absolute Gasteiger partial charge is 0.243 e. The molecule has 0 saturated carbocycles. The van der Waals surface area contributed by atoms with Crippen LogP contribution in [0, 0.1) is 5.92 Å². The van der Waals surface area contributed by atoms with Crippen molar-refractivity contribution in [1.29, 1.82) is 0 Å². The van der Waals surface area contributed by atoms with Crippen molar-refractivity contribution in [3.05, 3.63) is 24.3 Å². The molecule has 0 spiro atoms. The highest BCUT2D eigenvalue weighted by atomic mass is 32.2. The fourth-order valence-electron chi connectivity index (χ4n) is 2.69. The van der Waals surface area contributed by atoms with Gasteiger partial charge in [0, 0.05) is 25.2 Å². The van der Waals surface area contributed by atoms with Crippen molar-refractivity contribution >= 4 is 21.8 Å². The Morgan fingerprint density at radius 1 is 1.20 bits per heavy atom. The van der Waals surface area contributed by atoms with Gasteiger partial charge in [-0.15, -0.1) is 10.2 Å². The van der Waals surface area contributed by atoms with E-state index in [0.29, 0.717) is 29.7 Å². The topological polar surface area (TPSA) is 68.1 Å². The summed E-state index contributed by atoms with van der Waals surface area (Å²) in [6.07, 6.45) is 1.96. The Labute approximate surface area is 154 Å². The van der Waals surface area contributed by atoms with Crippen molar-refractivity contribution in [1.82, 2.24) is 19.1 Å². The van der Waals surface area contributed by atoms with Crippen LogP contribution in [0.15, 0.2) is 34.3 Å². The van der Waals surface area contributed by atoms with E-state index in [1.807, 2.05) is 26.2 Å². The Balaban J connectivity index is 2.52. The van der Waals surface area contributed by atoms with Gasteiger partial charge in [0.2, 0.25) is 10.0 Å². The molecule has 1 aromatic heterocycles. The van der Waals surface area contributed by atoms with Crippen molar-refractivity contribution in [3.63, 3.8) is 0 Å². The van der Waals surface area contributed by atoms with E-state index in [0.717, 1.165) is 17.3 Å². The van der Waals surface area contributed by atoms with E-state index in [1.54, 1.807) is 18.2 Å². The van der Waals surface area contributed by atoms with Crippen LogP contribution < -0.4 is 0 Å².